The van der Waals surface area contributed by atoms with Gasteiger partial charge in [0.1, 0.15) is 0 Å². The molecule has 7 heteroatoms. The van der Waals surface area contributed by atoms with Crippen LogP contribution in [0.4, 0.5) is 22.0 Å². The van der Waals surface area contributed by atoms with Crippen molar-refractivity contribution < 1.29 is 22.0 Å². The Balaban J connectivity index is 1.48. The minimum Gasteiger partial charge on any atom is -0.302 e. The maximum Gasteiger partial charge on any atom is 0.417 e. The number of aryl methyl sites for hydroxylation is 1. The number of benzene rings is 3. The molecular weight excluding hydrogens is 517 g/mol. The maximum absolute atomic E-state index is 13.7. The van der Waals surface area contributed by atoms with Crippen LogP contribution in [-0.2, 0) is 19.0 Å². The van der Waals surface area contributed by atoms with Gasteiger partial charge in [0.15, 0.2) is 0 Å². The van der Waals surface area contributed by atoms with E-state index >= 15 is 0 Å². The topological polar surface area (TPSA) is 3.24 Å². The third-order valence-electron chi connectivity index (χ3n) is 7.55. The average Bonchev–Trinajstić information content (AvgIpc) is 3.04. The first-order chi connectivity index (χ1) is 18.2. The van der Waals surface area contributed by atoms with Crippen molar-refractivity contribution in [1.82, 2.24) is 4.90 Å². The summed E-state index contributed by atoms with van der Waals surface area (Å²) in [6.07, 6.45) is -3.76. The highest BCUT2D eigenvalue weighted by atomic mass is 35.5. The zero-order valence-corrected chi connectivity index (χ0v) is 21.6. The highest BCUT2D eigenvalue weighted by molar-refractivity contribution is 6.33. The molecule has 0 saturated carbocycles. The van der Waals surface area contributed by atoms with E-state index in [1.807, 2.05) is 30.3 Å². The molecule has 0 aromatic heterocycles. The van der Waals surface area contributed by atoms with Crippen LogP contribution in [0.3, 0.4) is 0 Å². The van der Waals surface area contributed by atoms with Crippen LogP contribution in [0.2, 0.25) is 5.02 Å². The summed E-state index contributed by atoms with van der Waals surface area (Å²) >= 11 is 6.42. The van der Waals surface area contributed by atoms with E-state index in [0.717, 1.165) is 66.3 Å². The molecule has 1 aliphatic heterocycles. The van der Waals surface area contributed by atoms with Crippen molar-refractivity contribution in [2.75, 3.05) is 19.6 Å². The molecule has 0 N–H and O–H groups in total. The first-order valence-corrected chi connectivity index (χ1v) is 13.4. The summed E-state index contributed by atoms with van der Waals surface area (Å²) in [5.74, 6) is 0.441. The van der Waals surface area contributed by atoms with Crippen LogP contribution in [0.5, 0.6) is 0 Å². The molecule has 3 aromatic carbocycles. The largest absolute Gasteiger partial charge is 0.417 e. The Labute approximate surface area is 224 Å². The van der Waals surface area contributed by atoms with Crippen molar-refractivity contribution in [1.29, 1.82) is 0 Å². The third kappa shape index (κ3) is 5.81. The van der Waals surface area contributed by atoms with Crippen molar-refractivity contribution in [3.05, 3.63) is 105 Å². The number of alkyl halides is 5. The van der Waals surface area contributed by atoms with E-state index in [-0.39, 0.29) is 11.4 Å². The second-order valence-corrected chi connectivity index (χ2v) is 10.6. The van der Waals surface area contributed by atoms with Crippen molar-refractivity contribution in [2.45, 2.75) is 44.7 Å². The van der Waals surface area contributed by atoms with Crippen molar-refractivity contribution in [3.8, 4) is 0 Å². The van der Waals surface area contributed by atoms with Gasteiger partial charge in [-0.25, -0.2) is 8.78 Å². The normalized spacial score (nSPS) is 16.9. The summed E-state index contributed by atoms with van der Waals surface area (Å²) in [6, 6.07) is 20.4. The van der Waals surface area contributed by atoms with Crippen molar-refractivity contribution >= 4 is 22.7 Å². The number of rotatable bonds is 7. The summed E-state index contributed by atoms with van der Waals surface area (Å²) in [5, 5.41) is -0.259. The van der Waals surface area contributed by atoms with Gasteiger partial charge < -0.3 is 4.90 Å². The van der Waals surface area contributed by atoms with E-state index in [9.17, 15) is 22.0 Å². The van der Waals surface area contributed by atoms with Crippen molar-refractivity contribution in [3.63, 3.8) is 0 Å². The molecule has 1 nitrogen and oxygen atoms in total. The summed E-state index contributed by atoms with van der Waals surface area (Å²) < 4.78 is 66.0. The van der Waals surface area contributed by atoms with Crippen LogP contribution in [-0.4, -0.2) is 31.0 Å². The van der Waals surface area contributed by atoms with Gasteiger partial charge in [-0.15, -0.1) is 0 Å². The van der Waals surface area contributed by atoms with Gasteiger partial charge in [0.05, 0.1) is 10.6 Å². The molecule has 0 amide bonds. The van der Waals surface area contributed by atoms with Crippen LogP contribution >= 0.6 is 11.6 Å². The fraction of sp³-hybridized carbons (Fsp3) is 0.355. The molecule has 0 atom stereocenters. The van der Waals surface area contributed by atoms with Gasteiger partial charge in [0.25, 0.3) is 0 Å². The van der Waals surface area contributed by atoms with Gasteiger partial charge in [-0.3, -0.25) is 0 Å². The standard InChI is InChI=1S/C31H29ClF5N/c32-30-26(9-4-10-27(30)31(35,36)37)25-8-3-6-22-5-1-2-7-24(22)29(25)23-13-11-20(12-14-23)17-21-18-38(19-21)16-15-28(33)34/h1-2,4-5,7,9-14,21,28H,3,6,8,15-19H2. The lowest BCUT2D eigenvalue weighted by Gasteiger charge is -2.39. The monoisotopic (exact) mass is 545 g/mol. The molecule has 2 aliphatic rings. The lowest BCUT2D eigenvalue weighted by molar-refractivity contribution is -0.137. The van der Waals surface area contributed by atoms with E-state index in [4.69, 9.17) is 11.6 Å². The highest BCUT2D eigenvalue weighted by Gasteiger charge is 2.35. The van der Waals surface area contributed by atoms with E-state index in [1.165, 1.54) is 11.6 Å². The molecule has 1 heterocycles. The molecule has 38 heavy (non-hydrogen) atoms. The van der Waals surface area contributed by atoms with E-state index in [0.29, 0.717) is 24.4 Å². The second kappa shape index (κ2) is 11.2. The summed E-state index contributed by atoms with van der Waals surface area (Å²) in [7, 11) is 0. The molecule has 0 unspecified atom stereocenters. The molecule has 1 saturated heterocycles. The first-order valence-electron chi connectivity index (χ1n) is 13.0. The summed E-state index contributed by atoms with van der Waals surface area (Å²) in [5.41, 5.74) is 5.65. The zero-order chi connectivity index (χ0) is 26.9. The molecule has 5 rings (SSSR count). The number of allylic oxidation sites excluding steroid dienone is 1. The van der Waals surface area contributed by atoms with Crippen LogP contribution in [0.25, 0.3) is 11.1 Å². The second-order valence-electron chi connectivity index (χ2n) is 10.2. The quantitative estimate of drug-likeness (QED) is 0.268. The smallest absolute Gasteiger partial charge is 0.302 e. The third-order valence-corrected chi connectivity index (χ3v) is 7.96. The predicted molar refractivity (Wildman–Crippen MR) is 142 cm³/mol. The molecule has 0 spiro atoms. The van der Waals surface area contributed by atoms with Gasteiger partial charge in [-0.1, -0.05) is 72.3 Å². The SMILES string of the molecule is FC(F)CCN1CC(Cc2ccc(C3=C(c4cccc(C(F)(F)F)c4Cl)CCCc4ccccc43)cc2)C1. The minimum atomic E-state index is -4.53. The number of hydrogen-bond donors (Lipinski definition) is 0. The number of halogens is 6. The Morgan fingerprint density at radius 2 is 1.58 bits per heavy atom. The molecular formula is C31H29ClF5N. The highest BCUT2D eigenvalue weighted by Crippen LogP contribution is 2.44. The Morgan fingerprint density at radius 1 is 0.868 bits per heavy atom. The van der Waals surface area contributed by atoms with Gasteiger partial charge in [-0.05, 0) is 76.6 Å². The summed E-state index contributed by atoms with van der Waals surface area (Å²) in [6.45, 7) is 2.08. The van der Waals surface area contributed by atoms with Crippen molar-refractivity contribution in [2.24, 2.45) is 5.92 Å². The van der Waals surface area contributed by atoms with Gasteiger partial charge in [0, 0.05) is 26.1 Å². The molecule has 0 radical (unpaired) electrons. The first kappa shape index (κ1) is 26.9. The molecule has 1 fully saturated rings. The van der Waals surface area contributed by atoms with Crippen LogP contribution < -0.4 is 0 Å². The Hall–Kier alpha value is -2.70. The van der Waals surface area contributed by atoms with Crippen LogP contribution in [0.1, 0.15) is 52.6 Å². The van der Waals surface area contributed by atoms with Crippen LogP contribution in [0.15, 0.2) is 66.7 Å². The number of fused-ring (bicyclic) bond motifs is 1. The Bertz CT molecular complexity index is 1310. The van der Waals surface area contributed by atoms with Gasteiger partial charge >= 0.3 is 6.18 Å². The number of hydrogen-bond acceptors (Lipinski definition) is 1. The fourth-order valence-electron chi connectivity index (χ4n) is 5.72. The maximum atomic E-state index is 13.7. The fourth-order valence-corrected chi connectivity index (χ4v) is 6.07. The van der Waals surface area contributed by atoms with E-state index < -0.39 is 18.2 Å². The minimum absolute atomic E-state index is 0.0871. The van der Waals surface area contributed by atoms with Gasteiger partial charge in [0.2, 0.25) is 6.43 Å². The zero-order valence-electron chi connectivity index (χ0n) is 20.9. The predicted octanol–water partition coefficient (Wildman–Crippen LogP) is 8.78. The average molecular weight is 546 g/mol. The summed E-state index contributed by atoms with van der Waals surface area (Å²) in [4.78, 5) is 2.06. The lowest BCUT2D eigenvalue weighted by Crippen LogP contribution is -2.48. The van der Waals surface area contributed by atoms with E-state index in [1.54, 1.807) is 6.07 Å². The Morgan fingerprint density at radius 3 is 2.29 bits per heavy atom. The van der Waals surface area contributed by atoms with E-state index in [2.05, 4.69) is 23.1 Å². The molecule has 1 aliphatic carbocycles. The molecule has 200 valence electrons. The Kier molecular flexibility index (Phi) is 7.92. The number of nitrogens with zero attached hydrogens (tertiary/aromatic N) is 1. The molecule has 0 bridgehead atoms. The molecule has 3 aromatic rings. The van der Waals surface area contributed by atoms with Crippen LogP contribution in [0, 0.1) is 5.92 Å². The lowest BCUT2D eigenvalue weighted by atomic mass is 9.86. The van der Waals surface area contributed by atoms with Gasteiger partial charge in [-0.2, -0.15) is 13.2 Å². The number of likely N-dealkylation sites (tertiary alicyclic amines) is 1.